The molecule has 1 aromatic heterocycles. The molecule has 0 bridgehead atoms. The molecule has 0 aliphatic heterocycles. The zero-order valence-corrected chi connectivity index (χ0v) is 20.4. The van der Waals surface area contributed by atoms with E-state index in [1.54, 1.807) is 0 Å². The van der Waals surface area contributed by atoms with Crippen LogP contribution in [-0.2, 0) is 6.42 Å². The first-order valence-corrected chi connectivity index (χ1v) is 11.6. The number of anilines is 1. The molecule has 1 heterocycles. The van der Waals surface area contributed by atoms with Gasteiger partial charge >= 0.3 is 0 Å². The maximum Gasteiger partial charge on any atom is 0.0981 e. The second kappa shape index (κ2) is 13.0. The molecule has 0 fully saturated rings. The van der Waals surface area contributed by atoms with Gasteiger partial charge in [-0.25, -0.2) is 0 Å². The van der Waals surface area contributed by atoms with Crippen molar-refractivity contribution in [3.8, 4) is 0 Å². The highest BCUT2D eigenvalue weighted by molar-refractivity contribution is 5.95. The minimum atomic E-state index is 0.0297. The van der Waals surface area contributed by atoms with Crippen molar-refractivity contribution in [2.45, 2.75) is 32.7 Å². The van der Waals surface area contributed by atoms with Crippen LogP contribution >= 0.6 is 0 Å². The number of aryl methyl sites for hydroxylation is 1. The summed E-state index contributed by atoms with van der Waals surface area (Å²) in [5, 5.41) is 11.9. The molecular formula is C26H42N6. The van der Waals surface area contributed by atoms with Crippen LogP contribution in [0.15, 0.2) is 61.7 Å². The predicted molar refractivity (Wildman–Crippen MR) is 140 cm³/mol. The smallest absolute Gasteiger partial charge is 0.0981 e. The van der Waals surface area contributed by atoms with Gasteiger partial charge in [0.15, 0.2) is 0 Å². The van der Waals surface area contributed by atoms with Crippen molar-refractivity contribution in [1.82, 2.24) is 25.4 Å². The summed E-state index contributed by atoms with van der Waals surface area (Å²) >= 11 is 0. The molecule has 0 radical (unpaired) electrons. The zero-order valence-electron chi connectivity index (χ0n) is 20.4. The van der Waals surface area contributed by atoms with Crippen molar-refractivity contribution in [2.24, 2.45) is 0 Å². The lowest BCUT2D eigenvalue weighted by molar-refractivity contribution is 0.320. The van der Waals surface area contributed by atoms with Crippen LogP contribution in [0, 0.1) is 0 Å². The summed E-state index contributed by atoms with van der Waals surface area (Å²) in [6, 6.07) is 6.39. The molecule has 0 spiro atoms. The van der Waals surface area contributed by atoms with Gasteiger partial charge in [-0.05, 0) is 58.1 Å². The second-order valence-electron chi connectivity index (χ2n) is 8.30. The molecule has 2 rings (SSSR count). The van der Waals surface area contributed by atoms with Crippen molar-refractivity contribution in [2.75, 3.05) is 52.1 Å². The van der Waals surface area contributed by atoms with Crippen molar-refractivity contribution < 1.29 is 0 Å². The van der Waals surface area contributed by atoms with E-state index >= 15 is 0 Å². The summed E-state index contributed by atoms with van der Waals surface area (Å²) in [5.74, 6) is 0.891. The summed E-state index contributed by atoms with van der Waals surface area (Å²) in [4.78, 5) is 7.80. The normalized spacial score (nSPS) is 12.0. The molecule has 32 heavy (non-hydrogen) atoms. The van der Waals surface area contributed by atoms with Gasteiger partial charge < -0.3 is 30.7 Å². The van der Waals surface area contributed by atoms with E-state index in [1.807, 2.05) is 6.08 Å². The Morgan fingerprint density at radius 2 is 1.97 bits per heavy atom. The van der Waals surface area contributed by atoms with Gasteiger partial charge in [0.05, 0.1) is 11.9 Å². The first kappa shape index (κ1) is 25.6. The SMILES string of the molecule is C=CCNC(CNc1cccc2[nH]cc(CC)c12)C(=C)N(CCCN(C)C)C(=C)NCC. The molecule has 0 saturated carbocycles. The third kappa shape index (κ3) is 6.90. The largest absolute Gasteiger partial charge is 0.383 e. The van der Waals surface area contributed by atoms with Crippen LogP contribution in [0.3, 0.4) is 0 Å². The molecule has 0 saturated heterocycles. The molecule has 1 unspecified atom stereocenters. The van der Waals surface area contributed by atoms with Gasteiger partial charge in [0.2, 0.25) is 0 Å². The number of aromatic amines is 1. The fourth-order valence-corrected chi connectivity index (χ4v) is 3.91. The predicted octanol–water partition coefficient (Wildman–Crippen LogP) is 4.13. The van der Waals surface area contributed by atoms with E-state index in [2.05, 4.69) is 103 Å². The molecule has 6 heteroatoms. The molecule has 176 valence electrons. The van der Waals surface area contributed by atoms with E-state index in [-0.39, 0.29) is 6.04 Å². The highest BCUT2D eigenvalue weighted by atomic mass is 15.3. The van der Waals surface area contributed by atoms with Gasteiger partial charge in [-0.2, -0.15) is 0 Å². The van der Waals surface area contributed by atoms with E-state index in [9.17, 15) is 0 Å². The minimum Gasteiger partial charge on any atom is -0.383 e. The number of fused-ring (bicyclic) bond motifs is 1. The summed E-state index contributed by atoms with van der Waals surface area (Å²) < 4.78 is 0. The molecule has 4 N–H and O–H groups in total. The summed E-state index contributed by atoms with van der Waals surface area (Å²) in [6.45, 7) is 21.0. The molecule has 1 aromatic carbocycles. The lowest BCUT2D eigenvalue weighted by Gasteiger charge is -2.34. The van der Waals surface area contributed by atoms with Crippen molar-refractivity contribution in [3.63, 3.8) is 0 Å². The molecule has 1 atom stereocenters. The Bertz CT molecular complexity index is 882. The molecule has 0 amide bonds. The standard InChI is InChI=1S/C26H42N6/c1-8-15-28-25(20(4)32(21(5)27-10-3)17-12-16-31(6)7)19-30-24-14-11-13-23-26(24)22(9-2)18-29-23/h8,11,13-14,18,25,27-30H,1,4-5,9-10,12,15-17,19H2,2-3,6-7H3. The van der Waals surface area contributed by atoms with Gasteiger partial charge in [-0.15, -0.1) is 6.58 Å². The van der Waals surface area contributed by atoms with Gasteiger partial charge in [0.25, 0.3) is 0 Å². The van der Waals surface area contributed by atoms with E-state index < -0.39 is 0 Å². The molecular weight excluding hydrogens is 396 g/mol. The highest BCUT2D eigenvalue weighted by Gasteiger charge is 2.20. The van der Waals surface area contributed by atoms with Gasteiger partial charge in [-0.3, -0.25) is 0 Å². The molecule has 6 nitrogen and oxygen atoms in total. The van der Waals surface area contributed by atoms with E-state index in [0.717, 1.165) is 55.2 Å². The Kier molecular flexibility index (Phi) is 10.4. The first-order chi connectivity index (χ1) is 15.4. The average Bonchev–Trinajstić information content (AvgIpc) is 3.20. The number of hydrogen-bond donors (Lipinski definition) is 4. The van der Waals surface area contributed by atoms with Crippen molar-refractivity contribution in [1.29, 1.82) is 0 Å². The fourth-order valence-electron chi connectivity index (χ4n) is 3.91. The van der Waals surface area contributed by atoms with Crippen LogP contribution < -0.4 is 16.0 Å². The zero-order chi connectivity index (χ0) is 23.5. The Balaban J connectivity index is 2.20. The topological polar surface area (TPSA) is 58.4 Å². The van der Waals surface area contributed by atoms with Crippen LogP contribution in [0.4, 0.5) is 5.69 Å². The van der Waals surface area contributed by atoms with Crippen molar-refractivity contribution >= 4 is 16.6 Å². The van der Waals surface area contributed by atoms with Gasteiger partial charge in [0, 0.05) is 54.7 Å². The van der Waals surface area contributed by atoms with Crippen LogP contribution in [0.5, 0.6) is 0 Å². The lowest BCUT2D eigenvalue weighted by atomic mass is 10.1. The molecule has 2 aromatic rings. The van der Waals surface area contributed by atoms with Crippen LogP contribution in [0.25, 0.3) is 10.9 Å². The summed E-state index contributed by atoms with van der Waals surface area (Å²) in [6.07, 6.45) is 6.01. The average molecular weight is 439 g/mol. The number of nitrogens with zero attached hydrogens (tertiary/aromatic N) is 2. The van der Waals surface area contributed by atoms with Crippen LogP contribution in [-0.4, -0.2) is 67.6 Å². The Morgan fingerprint density at radius 3 is 2.62 bits per heavy atom. The van der Waals surface area contributed by atoms with Crippen LogP contribution in [0.2, 0.25) is 0 Å². The van der Waals surface area contributed by atoms with E-state index in [1.165, 1.54) is 10.9 Å². The number of nitrogens with one attached hydrogen (secondary N) is 4. The second-order valence-corrected chi connectivity index (χ2v) is 8.30. The maximum atomic E-state index is 4.48. The number of aromatic nitrogens is 1. The minimum absolute atomic E-state index is 0.0297. The van der Waals surface area contributed by atoms with Gasteiger partial charge in [0.1, 0.15) is 0 Å². The molecule has 0 aliphatic rings. The lowest BCUT2D eigenvalue weighted by Crippen LogP contribution is -2.44. The maximum absolute atomic E-state index is 4.48. The number of H-pyrrole nitrogens is 1. The first-order valence-electron chi connectivity index (χ1n) is 11.6. The van der Waals surface area contributed by atoms with Gasteiger partial charge in [-0.1, -0.05) is 32.2 Å². The number of hydrogen-bond acceptors (Lipinski definition) is 5. The molecule has 0 aliphatic carbocycles. The van der Waals surface area contributed by atoms with E-state index in [0.29, 0.717) is 13.1 Å². The quantitative estimate of drug-likeness (QED) is 0.297. The fraction of sp³-hybridized carbons (Fsp3) is 0.462. The highest BCUT2D eigenvalue weighted by Crippen LogP contribution is 2.27. The third-order valence-corrected chi connectivity index (χ3v) is 5.62. The van der Waals surface area contributed by atoms with Crippen molar-refractivity contribution in [3.05, 3.63) is 67.3 Å². The summed E-state index contributed by atoms with van der Waals surface area (Å²) in [5.41, 5.74) is 4.62. The Labute approximate surface area is 194 Å². The monoisotopic (exact) mass is 438 g/mol. The van der Waals surface area contributed by atoms with E-state index in [4.69, 9.17) is 0 Å². The Morgan fingerprint density at radius 1 is 1.19 bits per heavy atom. The number of benzene rings is 1. The van der Waals surface area contributed by atoms with Crippen LogP contribution in [0.1, 0.15) is 25.8 Å². The Hall–Kier alpha value is -2.70. The third-order valence-electron chi connectivity index (χ3n) is 5.62. The summed E-state index contributed by atoms with van der Waals surface area (Å²) in [7, 11) is 4.20. The number of rotatable bonds is 16.